The van der Waals surface area contributed by atoms with Crippen molar-refractivity contribution in [2.24, 2.45) is 5.73 Å². The van der Waals surface area contributed by atoms with E-state index in [0.717, 1.165) is 35.4 Å². The number of rotatable bonds is 2. The molecular formula is C11H18N3OS+. The van der Waals surface area contributed by atoms with E-state index in [9.17, 15) is 4.79 Å². The van der Waals surface area contributed by atoms with Crippen LogP contribution in [0, 0.1) is 6.92 Å². The van der Waals surface area contributed by atoms with Gasteiger partial charge < -0.3 is 10.2 Å². The molecule has 0 aromatic carbocycles. The molecule has 0 fully saturated rings. The molecule has 1 unspecified atom stereocenters. The summed E-state index contributed by atoms with van der Waals surface area (Å²) in [5.74, 6) is -0.211. The minimum Gasteiger partial charge on any atom is -0.365 e. The maximum absolute atomic E-state index is 11.0. The van der Waals surface area contributed by atoms with Gasteiger partial charge in [-0.2, -0.15) is 0 Å². The lowest BCUT2D eigenvalue weighted by Gasteiger charge is -2.31. The zero-order valence-corrected chi connectivity index (χ0v) is 10.6. The number of aryl methyl sites for hydroxylation is 1. The van der Waals surface area contributed by atoms with E-state index in [1.807, 2.05) is 0 Å². The molecule has 0 radical (unpaired) electrons. The number of thiazole rings is 1. The Balaban J connectivity index is 2.13. The van der Waals surface area contributed by atoms with Crippen LogP contribution in [0.5, 0.6) is 0 Å². The number of quaternary nitrogens is 1. The first-order chi connectivity index (χ1) is 7.48. The van der Waals surface area contributed by atoms with Crippen LogP contribution in [0.15, 0.2) is 0 Å². The van der Waals surface area contributed by atoms with E-state index in [2.05, 4.69) is 19.0 Å². The molecule has 1 aliphatic rings. The minimum atomic E-state index is -0.211. The number of carbonyl (C=O) groups excluding carboxylic acids is 1. The maximum atomic E-state index is 11.0. The van der Waals surface area contributed by atoms with Gasteiger partial charge in [-0.1, -0.05) is 0 Å². The van der Waals surface area contributed by atoms with Crippen LogP contribution in [0.25, 0.3) is 0 Å². The standard InChI is InChI=1S/C11H17N3OS/c1-8-13-9-3-5-14(2,7-11(12)15)6-4-10(9)16-8/h3-7H2,1-2H3,(H-,12,15)/p+1. The highest BCUT2D eigenvalue weighted by Crippen LogP contribution is 2.24. The summed E-state index contributed by atoms with van der Waals surface area (Å²) in [6.07, 6.45) is 1.98. The number of hydrogen-bond acceptors (Lipinski definition) is 3. The molecule has 1 aliphatic heterocycles. The second kappa shape index (κ2) is 4.14. The lowest BCUT2D eigenvalue weighted by molar-refractivity contribution is -0.900. The van der Waals surface area contributed by atoms with Gasteiger partial charge in [0, 0.05) is 17.7 Å². The number of primary amides is 1. The van der Waals surface area contributed by atoms with E-state index >= 15 is 0 Å². The number of nitrogens with two attached hydrogens (primary N) is 1. The third-order valence-corrected chi connectivity index (χ3v) is 4.26. The fourth-order valence-electron chi connectivity index (χ4n) is 2.30. The van der Waals surface area contributed by atoms with E-state index in [1.54, 1.807) is 11.3 Å². The second-order valence-corrected chi connectivity index (χ2v) is 6.08. The molecule has 0 saturated carbocycles. The molecule has 1 atom stereocenters. The smallest absolute Gasteiger partial charge is 0.272 e. The van der Waals surface area contributed by atoms with Crippen LogP contribution in [-0.4, -0.2) is 42.1 Å². The molecule has 1 aromatic rings. The molecule has 16 heavy (non-hydrogen) atoms. The topological polar surface area (TPSA) is 56.0 Å². The third kappa shape index (κ3) is 2.41. The average molecular weight is 240 g/mol. The largest absolute Gasteiger partial charge is 0.365 e. The van der Waals surface area contributed by atoms with Crippen molar-refractivity contribution < 1.29 is 9.28 Å². The van der Waals surface area contributed by atoms with Crippen molar-refractivity contribution in [3.63, 3.8) is 0 Å². The summed E-state index contributed by atoms with van der Waals surface area (Å²) in [6, 6.07) is 0. The highest BCUT2D eigenvalue weighted by molar-refractivity contribution is 7.11. The van der Waals surface area contributed by atoms with Crippen LogP contribution in [0.3, 0.4) is 0 Å². The summed E-state index contributed by atoms with van der Waals surface area (Å²) in [7, 11) is 2.11. The van der Waals surface area contributed by atoms with Gasteiger partial charge in [-0.15, -0.1) is 11.3 Å². The summed E-state index contributed by atoms with van der Waals surface area (Å²) in [6.45, 7) is 4.43. The van der Waals surface area contributed by atoms with Gasteiger partial charge in [-0.05, 0) is 6.92 Å². The summed E-state index contributed by atoms with van der Waals surface area (Å²) in [5.41, 5.74) is 6.53. The number of fused-ring (bicyclic) bond motifs is 1. The molecule has 4 nitrogen and oxygen atoms in total. The van der Waals surface area contributed by atoms with Gasteiger partial charge >= 0.3 is 0 Å². The summed E-state index contributed by atoms with van der Waals surface area (Å²) in [4.78, 5) is 17.0. The van der Waals surface area contributed by atoms with Crippen molar-refractivity contribution in [3.05, 3.63) is 15.6 Å². The summed E-state index contributed by atoms with van der Waals surface area (Å²) in [5, 5.41) is 1.15. The Morgan fingerprint density at radius 3 is 2.88 bits per heavy atom. The maximum Gasteiger partial charge on any atom is 0.272 e. The van der Waals surface area contributed by atoms with Crippen molar-refractivity contribution in [1.29, 1.82) is 0 Å². The van der Waals surface area contributed by atoms with Crippen molar-refractivity contribution in [3.8, 4) is 0 Å². The molecule has 2 heterocycles. The molecule has 2 N–H and O–H groups in total. The van der Waals surface area contributed by atoms with Crippen molar-refractivity contribution >= 4 is 17.2 Å². The Morgan fingerprint density at radius 2 is 2.19 bits per heavy atom. The first-order valence-electron chi connectivity index (χ1n) is 5.55. The predicted molar refractivity (Wildman–Crippen MR) is 64.2 cm³/mol. The zero-order chi connectivity index (χ0) is 11.8. The first-order valence-corrected chi connectivity index (χ1v) is 6.37. The molecule has 2 rings (SSSR count). The lowest BCUT2D eigenvalue weighted by atomic mass is 10.2. The second-order valence-electron chi connectivity index (χ2n) is 4.79. The zero-order valence-electron chi connectivity index (χ0n) is 9.82. The van der Waals surface area contributed by atoms with Crippen LogP contribution in [0.4, 0.5) is 0 Å². The Labute approximate surface area is 99.7 Å². The molecule has 0 saturated heterocycles. The lowest BCUT2D eigenvalue weighted by Crippen LogP contribution is -2.50. The number of aromatic nitrogens is 1. The first kappa shape index (κ1) is 11.5. The van der Waals surface area contributed by atoms with Crippen molar-refractivity contribution in [2.75, 3.05) is 26.7 Å². The van der Waals surface area contributed by atoms with Gasteiger partial charge in [0.1, 0.15) is 0 Å². The van der Waals surface area contributed by atoms with Crippen LogP contribution in [0.2, 0.25) is 0 Å². The molecule has 0 spiro atoms. The highest BCUT2D eigenvalue weighted by atomic mass is 32.1. The Bertz CT molecular complexity index is 388. The fraction of sp³-hybridized carbons (Fsp3) is 0.636. The van der Waals surface area contributed by atoms with E-state index in [-0.39, 0.29) is 5.91 Å². The molecule has 0 aliphatic carbocycles. The predicted octanol–water partition coefficient (Wildman–Crippen LogP) is 0.482. The van der Waals surface area contributed by atoms with Gasteiger partial charge in [0.25, 0.3) is 5.91 Å². The number of carbonyl (C=O) groups is 1. The molecule has 88 valence electrons. The van der Waals surface area contributed by atoms with E-state index in [0.29, 0.717) is 6.54 Å². The number of amides is 1. The Kier molecular flexibility index (Phi) is 2.99. The van der Waals surface area contributed by atoms with Gasteiger partial charge in [-0.25, -0.2) is 4.98 Å². The summed E-state index contributed by atoms with van der Waals surface area (Å²) < 4.78 is 0.747. The van der Waals surface area contributed by atoms with Gasteiger partial charge in [-0.3, -0.25) is 4.79 Å². The number of hydrogen-bond donors (Lipinski definition) is 1. The Morgan fingerprint density at radius 1 is 1.50 bits per heavy atom. The van der Waals surface area contributed by atoms with Crippen molar-refractivity contribution in [2.45, 2.75) is 19.8 Å². The SMILES string of the molecule is Cc1nc2c(s1)CC[N+](C)(CC(N)=O)CC2. The highest BCUT2D eigenvalue weighted by Gasteiger charge is 2.28. The van der Waals surface area contributed by atoms with Crippen LogP contribution >= 0.6 is 11.3 Å². The van der Waals surface area contributed by atoms with Crippen LogP contribution < -0.4 is 5.73 Å². The van der Waals surface area contributed by atoms with Gasteiger partial charge in [0.05, 0.1) is 30.8 Å². The van der Waals surface area contributed by atoms with E-state index in [4.69, 9.17) is 5.73 Å². The molecule has 1 aromatic heterocycles. The van der Waals surface area contributed by atoms with Gasteiger partial charge in [0.15, 0.2) is 6.54 Å². The molecule has 1 amide bonds. The molecule has 0 bridgehead atoms. The van der Waals surface area contributed by atoms with E-state index in [1.165, 1.54) is 10.6 Å². The monoisotopic (exact) mass is 240 g/mol. The fourth-order valence-corrected chi connectivity index (χ4v) is 3.27. The van der Waals surface area contributed by atoms with Crippen LogP contribution in [0.1, 0.15) is 15.6 Å². The quantitative estimate of drug-likeness (QED) is 0.765. The van der Waals surface area contributed by atoms with E-state index < -0.39 is 0 Å². The number of nitrogens with zero attached hydrogens (tertiary/aromatic N) is 2. The third-order valence-electron chi connectivity index (χ3n) is 3.19. The normalized spacial score (nSPS) is 24.9. The van der Waals surface area contributed by atoms with Gasteiger partial charge in [0.2, 0.25) is 0 Å². The average Bonchev–Trinajstić information content (AvgIpc) is 2.46. The van der Waals surface area contributed by atoms with Crippen LogP contribution in [-0.2, 0) is 17.6 Å². The Hall–Kier alpha value is -0.940. The molecule has 5 heteroatoms. The minimum absolute atomic E-state index is 0.211. The van der Waals surface area contributed by atoms with Crippen molar-refractivity contribution in [1.82, 2.24) is 4.98 Å². The molecular weight excluding hydrogens is 222 g/mol. The summed E-state index contributed by atoms with van der Waals surface area (Å²) >= 11 is 1.79. The number of likely N-dealkylation sites (N-methyl/N-ethyl adjacent to an activating group) is 1.